The van der Waals surface area contributed by atoms with Crippen molar-refractivity contribution in [2.24, 2.45) is 11.3 Å². The fourth-order valence-electron chi connectivity index (χ4n) is 1.75. The van der Waals surface area contributed by atoms with Gasteiger partial charge in [0.1, 0.15) is 0 Å². The second-order valence-corrected chi connectivity index (χ2v) is 6.09. The second-order valence-electron chi connectivity index (χ2n) is 6.09. The molecule has 0 amide bonds. The SMILES string of the molecule is CCCNCC(C)(C)COC(C)CC(C)C. The molecule has 0 bridgehead atoms. The zero-order valence-electron chi connectivity index (χ0n) is 12.1. The van der Waals surface area contributed by atoms with Crippen LogP contribution in [0.4, 0.5) is 0 Å². The summed E-state index contributed by atoms with van der Waals surface area (Å²) in [5.74, 6) is 0.719. The average Bonchev–Trinajstić information content (AvgIpc) is 2.14. The predicted octanol–water partition coefficient (Wildman–Crippen LogP) is 3.46. The first kappa shape index (κ1) is 15.9. The predicted molar refractivity (Wildman–Crippen MR) is 71.8 cm³/mol. The molecular weight excluding hydrogens is 198 g/mol. The van der Waals surface area contributed by atoms with Crippen molar-refractivity contribution in [2.45, 2.75) is 60.5 Å². The molecule has 0 rings (SSSR count). The zero-order valence-corrected chi connectivity index (χ0v) is 12.1. The lowest BCUT2D eigenvalue weighted by Crippen LogP contribution is -2.34. The Bertz CT molecular complexity index is 166. The van der Waals surface area contributed by atoms with Gasteiger partial charge >= 0.3 is 0 Å². The molecule has 1 N–H and O–H groups in total. The molecule has 0 saturated heterocycles. The van der Waals surface area contributed by atoms with Crippen molar-refractivity contribution in [1.29, 1.82) is 0 Å². The van der Waals surface area contributed by atoms with E-state index in [1.54, 1.807) is 0 Å². The Morgan fingerprint density at radius 1 is 1.19 bits per heavy atom. The Morgan fingerprint density at radius 2 is 1.81 bits per heavy atom. The van der Waals surface area contributed by atoms with Crippen LogP contribution in [-0.2, 0) is 4.74 Å². The van der Waals surface area contributed by atoms with E-state index in [2.05, 4.69) is 46.9 Å². The topological polar surface area (TPSA) is 21.3 Å². The van der Waals surface area contributed by atoms with Crippen LogP contribution in [0.25, 0.3) is 0 Å². The smallest absolute Gasteiger partial charge is 0.0549 e. The fourth-order valence-corrected chi connectivity index (χ4v) is 1.75. The highest BCUT2D eigenvalue weighted by molar-refractivity contribution is 4.71. The van der Waals surface area contributed by atoms with Crippen LogP contribution in [0.1, 0.15) is 54.4 Å². The van der Waals surface area contributed by atoms with Crippen LogP contribution < -0.4 is 5.32 Å². The van der Waals surface area contributed by atoms with E-state index in [1.165, 1.54) is 6.42 Å². The van der Waals surface area contributed by atoms with Crippen LogP contribution in [0.15, 0.2) is 0 Å². The van der Waals surface area contributed by atoms with Gasteiger partial charge in [0.25, 0.3) is 0 Å². The van der Waals surface area contributed by atoms with Crippen LogP contribution in [0, 0.1) is 11.3 Å². The lowest BCUT2D eigenvalue weighted by atomic mass is 9.94. The Morgan fingerprint density at radius 3 is 2.31 bits per heavy atom. The number of ether oxygens (including phenoxy) is 1. The Kier molecular flexibility index (Phi) is 8.04. The highest BCUT2D eigenvalue weighted by Crippen LogP contribution is 2.17. The van der Waals surface area contributed by atoms with Gasteiger partial charge in [0.15, 0.2) is 0 Å². The van der Waals surface area contributed by atoms with E-state index in [0.717, 1.165) is 32.0 Å². The minimum atomic E-state index is 0.237. The molecule has 0 aliphatic heterocycles. The van der Waals surface area contributed by atoms with E-state index in [0.29, 0.717) is 6.10 Å². The summed E-state index contributed by atoms with van der Waals surface area (Å²) in [5.41, 5.74) is 0.237. The van der Waals surface area contributed by atoms with Gasteiger partial charge in [0, 0.05) is 12.0 Å². The molecule has 0 radical (unpaired) electrons. The molecule has 98 valence electrons. The highest BCUT2D eigenvalue weighted by atomic mass is 16.5. The largest absolute Gasteiger partial charge is 0.378 e. The molecule has 0 aromatic carbocycles. The molecule has 2 nitrogen and oxygen atoms in total. The molecule has 0 fully saturated rings. The van der Waals surface area contributed by atoms with Crippen molar-refractivity contribution in [2.75, 3.05) is 19.7 Å². The molecule has 0 aromatic heterocycles. The Hall–Kier alpha value is -0.0800. The monoisotopic (exact) mass is 229 g/mol. The third-order valence-electron chi connectivity index (χ3n) is 2.59. The van der Waals surface area contributed by atoms with Crippen molar-refractivity contribution in [3.63, 3.8) is 0 Å². The summed E-state index contributed by atoms with van der Waals surface area (Å²) in [6, 6.07) is 0. The van der Waals surface area contributed by atoms with E-state index < -0.39 is 0 Å². The van der Waals surface area contributed by atoms with Crippen molar-refractivity contribution in [3.8, 4) is 0 Å². The Balaban J connectivity index is 3.71. The molecule has 16 heavy (non-hydrogen) atoms. The van der Waals surface area contributed by atoms with Gasteiger partial charge in [-0.1, -0.05) is 34.6 Å². The molecule has 0 heterocycles. The quantitative estimate of drug-likeness (QED) is 0.611. The van der Waals surface area contributed by atoms with E-state index in [4.69, 9.17) is 4.74 Å². The Labute approximate surface area is 102 Å². The van der Waals surface area contributed by atoms with Crippen LogP contribution in [0.3, 0.4) is 0 Å². The summed E-state index contributed by atoms with van der Waals surface area (Å²) < 4.78 is 5.91. The van der Waals surface area contributed by atoms with Crippen molar-refractivity contribution in [3.05, 3.63) is 0 Å². The van der Waals surface area contributed by atoms with Crippen LogP contribution in [0.2, 0.25) is 0 Å². The van der Waals surface area contributed by atoms with E-state index >= 15 is 0 Å². The van der Waals surface area contributed by atoms with Crippen molar-refractivity contribution < 1.29 is 4.74 Å². The summed E-state index contributed by atoms with van der Waals surface area (Å²) in [6.07, 6.45) is 2.73. The first-order chi connectivity index (χ1) is 7.37. The number of nitrogens with one attached hydrogen (secondary N) is 1. The maximum absolute atomic E-state index is 5.91. The maximum Gasteiger partial charge on any atom is 0.0549 e. The standard InChI is InChI=1S/C14H31NO/c1-7-8-15-10-14(5,6)11-16-13(4)9-12(2)3/h12-13,15H,7-11H2,1-6H3. The molecule has 1 atom stereocenters. The molecule has 0 aliphatic rings. The van der Waals surface area contributed by atoms with Gasteiger partial charge in [-0.2, -0.15) is 0 Å². The maximum atomic E-state index is 5.91. The lowest BCUT2D eigenvalue weighted by Gasteiger charge is -2.27. The molecule has 1 unspecified atom stereocenters. The van der Waals surface area contributed by atoms with Crippen LogP contribution in [-0.4, -0.2) is 25.8 Å². The van der Waals surface area contributed by atoms with Crippen LogP contribution >= 0.6 is 0 Å². The summed E-state index contributed by atoms with van der Waals surface area (Å²) in [5, 5.41) is 3.46. The minimum absolute atomic E-state index is 0.237. The summed E-state index contributed by atoms with van der Waals surface area (Å²) in [4.78, 5) is 0. The molecule has 0 aromatic rings. The van der Waals surface area contributed by atoms with Gasteiger partial charge in [0.2, 0.25) is 0 Å². The number of hydrogen-bond donors (Lipinski definition) is 1. The van der Waals surface area contributed by atoms with Gasteiger partial charge in [-0.3, -0.25) is 0 Å². The summed E-state index contributed by atoms with van der Waals surface area (Å²) >= 11 is 0. The number of rotatable bonds is 9. The molecule has 0 aliphatic carbocycles. The van der Waals surface area contributed by atoms with Gasteiger partial charge < -0.3 is 10.1 Å². The first-order valence-corrected chi connectivity index (χ1v) is 6.69. The zero-order chi connectivity index (χ0) is 12.6. The molecular formula is C14H31NO. The van der Waals surface area contributed by atoms with Gasteiger partial charge in [0.05, 0.1) is 12.7 Å². The van der Waals surface area contributed by atoms with Gasteiger partial charge in [-0.15, -0.1) is 0 Å². The third kappa shape index (κ3) is 9.17. The van der Waals surface area contributed by atoms with E-state index in [1.807, 2.05) is 0 Å². The van der Waals surface area contributed by atoms with E-state index in [9.17, 15) is 0 Å². The fraction of sp³-hybridized carbons (Fsp3) is 1.00. The molecule has 0 spiro atoms. The second kappa shape index (κ2) is 8.08. The molecule has 0 saturated carbocycles. The van der Waals surface area contributed by atoms with Crippen LogP contribution in [0.5, 0.6) is 0 Å². The van der Waals surface area contributed by atoms with Gasteiger partial charge in [-0.05, 0) is 32.2 Å². The summed E-state index contributed by atoms with van der Waals surface area (Å²) in [6.45, 7) is 16.4. The third-order valence-corrected chi connectivity index (χ3v) is 2.59. The van der Waals surface area contributed by atoms with Crippen molar-refractivity contribution in [1.82, 2.24) is 5.32 Å². The normalized spacial score (nSPS) is 14.4. The van der Waals surface area contributed by atoms with Crippen molar-refractivity contribution >= 4 is 0 Å². The van der Waals surface area contributed by atoms with Gasteiger partial charge in [-0.25, -0.2) is 0 Å². The highest BCUT2D eigenvalue weighted by Gasteiger charge is 2.19. The first-order valence-electron chi connectivity index (χ1n) is 6.69. The average molecular weight is 229 g/mol. The minimum Gasteiger partial charge on any atom is -0.378 e. The van der Waals surface area contributed by atoms with E-state index in [-0.39, 0.29) is 5.41 Å². The molecule has 2 heteroatoms. The number of hydrogen-bond acceptors (Lipinski definition) is 2. The summed E-state index contributed by atoms with van der Waals surface area (Å²) in [7, 11) is 0. The lowest BCUT2D eigenvalue weighted by molar-refractivity contribution is 0.00304.